The van der Waals surface area contributed by atoms with Crippen LogP contribution in [0.4, 0.5) is 5.69 Å². The maximum Gasteiger partial charge on any atom is 0.374 e. The molecule has 0 saturated carbocycles. The van der Waals surface area contributed by atoms with E-state index >= 15 is 0 Å². The van der Waals surface area contributed by atoms with Gasteiger partial charge in [-0.05, 0) is 12.1 Å². The first kappa shape index (κ1) is 16.8. The number of furan rings is 1. The molecule has 27 heavy (non-hydrogen) atoms. The third-order valence-electron chi connectivity index (χ3n) is 4.13. The molecule has 5 N–H and O–H groups in total. The number of rotatable bonds is 4. The first-order chi connectivity index (χ1) is 12.9. The summed E-state index contributed by atoms with van der Waals surface area (Å²) in [5.41, 5.74) is 6.07. The van der Waals surface area contributed by atoms with Crippen molar-refractivity contribution < 1.29 is 24.2 Å². The number of primary amides is 1. The van der Waals surface area contributed by atoms with Crippen LogP contribution in [0, 0.1) is 5.41 Å². The Bertz CT molecular complexity index is 1110. The smallest absolute Gasteiger partial charge is 0.374 e. The second-order valence-electron chi connectivity index (χ2n) is 5.71. The van der Waals surface area contributed by atoms with Gasteiger partial charge in [0.15, 0.2) is 6.04 Å². The van der Waals surface area contributed by atoms with Crippen molar-refractivity contribution >= 4 is 50.5 Å². The molecular formula is C17H12N4O5S. The molecule has 9 nitrogen and oxygen atoms in total. The summed E-state index contributed by atoms with van der Waals surface area (Å²) in [5, 5.41) is 28.7. The lowest BCUT2D eigenvalue weighted by atomic mass is 10.2. The van der Waals surface area contributed by atoms with Crippen LogP contribution >= 0.6 is 11.3 Å². The Kier molecular flexibility index (Phi) is 3.70. The fourth-order valence-corrected chi connectivity index (χ4v) is 4.01. The summed E-state index contributed by atoms with van der Waals surface area (Å²) in [6, 6.07) is 7.13. The largest absolute Gasteiger partial charge is 0.509 e. The van der Waals surface area contributed by atoms with Gasteiger partial charge in [-0.15, -0.1) is 11.3 Å². The quantitative estimate of drug-likeness (QED) is 0.537. The second kappa shape index (κ2) is 5.95. The number of carboxylic acid groups (broad SMARTS) is 1. The van der Waals surface area contributed by atoms with Crippen LogP contribution in [0.25, 0.3) is 15.8 Å². The predicted octanol–water partition coefficient (Wildman–Crippen LogP) is 2.21. The van der Waals surface area contributed by atoms with Gasteiger partial charge in [0, 0.05) is 6.07 Å². The first-order valence-corrected chi connectivity index (χ1v) is 8.49. The van der Waals surface area contributed by atoms with Crippen molar-refractivity contribution in [3.05, 3.63) is 53.1 Å². The number of amides is 1. The van der Waals surface area contributed by atoms with E-state index in [1.54, 1.807) is 6.07 Å². The Morgan fingerprint density at radius 1 is 1.30 bits per heavy atom. The predicted molar refractivity (Wildman–Crippen MR) is 98.0 cm³/mol. The van der Waals surface area contributed by atoms with Crippen molar-refractivity contribution in [1.29, 1.82) is 5.41 Å². The van der Waals surface area contributed by atoms with Gasteiger partial charge in [0.05, 0.1) is 27.7 Å². The lowest BCUT2D eigenvalue weighted by Crippen LogP contribution is -2.45. The molecule has 1 amide bonds. The average Bonchev–Trinajstić information content (AvgIpc) is 3.29. The van der Waals surface area contributed by atoms with E-state index in [0.717, 1.165) is 15.9 Å². The number of para-hydroxylation sites is 1. The number of aromatic carboxylic acids is 1. The zero-order valence-corrected chi connectivity index (χ0v) is 14.4. The molecule has 1 atom stereocenters. The Morgan fingerprint density at radius 3 is 2.70 bits per heavy atom. The summed E-state index contributed by atoms with van der Waals surface area (Å²) in [7, 11) is 0. The van der Waals surface area contributed by atoms with Crippen LogP contribution in [0.3, 0.4) is 0 Å². The standard InChI is InChI=1S/C17H12N4O5S/c18-14-10(16-20-7-3-1-2-4-9(7)27-16)12(22)11(15(19)23)21(14)8-5-6-26-13(8)17(24)25/h1-6,11,18,22H,(H2,19,23)(H,24,25). The molecule has 1 aromatic carbocycles. The van der Waals surface area contributed by atoms with E-state index < -0.39 is 29.4 Å². The molecule has 4 rings (SSSR count). The zero-order valence-electron chi connectivity index (χ0n) is 13.5. The lowest BCUT2D eigenvalue weighted by molar-refractivity contribution is -0.118. The number of aliphatic hydroxyl groups is 1. The minimum absolute atomic E-state index is 0.0255. The van der Waals surface area contributed by atoms with Crippen molar-refractivity contribution in [2.75, 3.05) is 4.90 Å². The molecule has 1 aliphatic rings. The fourth-order valence-electron chi connectivity index (χ4n) is 2.99. The number of amidine groups is 1. The molecule has 0 saturated heterocycles. The van der Waals surface area contributed by atoms with Gasteiger partial charge in [0.2, 0.25) is 11.7 Å². The van der Waals surface area contributed by atoms with E-state index in [-0.39, 0.29) is 17.1 Å². The van der Waals surface area contributed by atoms with Gasteiger partial charge < -0.3 is 25.3 Å². The topological polar surface area (TPSA) is 154 Å². The van der Waals surface area contributed by atoms with Crippen LogP contribution < -0.4 is 10.6 Å². The Balaban J connectivity index is 1.88. The summed E-state index contributed by atoms with van der Waals surface area (Å²) in [5.74, 6) is -3.53. The van der Waals surface area contributed by atoms with Crippen LogP contribution in [0.15, 0.2) is 46.8 Å². The highest BCUT2D eigenvalue weighted by Gasteiger charge is 2.45. The minimum atomic E-state index is -1.43. The maximum atomic E-state index is 12.0. The molecule has 10 heteroatoms. The number of carbonyl (C=O) groups is 2. The van der Waals surface area contributed by atoms with Gasteiger partial charge in [0.25, 0.3) is 0 Å². The summed E-state index contributed by atoms with van der Waals surface area (Å²) in [4.78, 5) is 28.8. The molecular weight excluding hydrogens is 372 g/mol. The van der Waals surface area contributed by atoms with Crippen molar-refractivity contribution in [1.82, 2.24) is 4.98 Å². The molecule has 3 aromatic rings. The lowest BCUT2D eigenvalue weighted by Gasteiger charge is -2.23. The number of aromatic nitrogens is 1. The highest BCUT2D eigenvalue weighted by atomic mass is 32.1. The number of thiazole rings is 1. The summed E-state index contributed by atoms with van der Waals surface area (Å²) >= 11 is 1.24. The van der Waals surface area contributed by atoms with Crippen molar-refractivity contribution in [2.45, 2.75) is 6.04 Å². The molecule has 1 unspecified atom stereocenters. The van der Waals surface area contributed by atoms with Crippen molar-refractivity contribution in [2.24, 2.45) is 5.73 Å². The number of nitrogens with one attached hydrogen (secondary N) is 1. The van der Waals surface area contributed by atoms with Crippen LogP contribution in [-0.2, 0) is 4.79 Å². The van der Waals surface area contributed by atoms with E-state index in [4.69, 9.17) is 15.6 Å². The Morgan fingerprint density at radius 2 is 2.04 bits per heavy atom. The normalized spacial score (nSPS) is 17.1. The fraction of sp³-hybridized carbons (Fsp3) is 0.0588. The molecule has 1 aliphatic heterocycles. The highest BCUT2D eigenvalue weighted by Crippen LogP contribution is 2.39. The second-order valence-corrected chi connectivity index (χ2v) is 6.74. The van der Waals surface area contributed by atoms with E-state index in [1.165, 1.54) is 17.4 Å². The van der Waals surface area contributed by atoms with Gasteiger partial charge >= 0.3 is 5.97 Å². The SMILES string of the molecule is N=C1C(c2nc3ccccc3s2)=C(O)C(C(N)=O)N1c1ccoc1C(=O)O. The summed E-state index contributed by atoms with van der Waals surface area (Å²) < 4.78 is 5.77. The summed E-state index contributed by atoms with van der Waals surface area (Å²) in [6.45, 7) is 0. The molecule has 3 heterocycles. The van der Waals surface area contributed by atoms with Gasteiger partial charge in [-0.2, -0.15) is 0 Å². The van der Waals surface area contributed by atoms with Crippen LogP contribution in [0.2, 0.25) is 0 Å². The van der Waals surface area contributed by atoms with E-state index in [1.807, 2.05) is 18.2 Å². The number of nitrogens with zero attached hydrogens (tertiary/aromatic N) is 2. The molecule has 0 spiro atoms. The highest BCUT2D eigenvalue weighted by molar-refractivity contribution is 7.19. The van der Waals surface area contributed by atoms with Gasteiger partial charge in [-0.3, -0.25) is 10.2 Å². The third-order valence-corrected chi connectivity index (χ3v) is 5.18. The third kappa shape index (κ3) is 2.46. The number of hydrogen-bond acceptors (Lipinski definition) is 7. The van der Waals surface area contributed by atoms with Gasteiger partial charge in [-0.25, -0.2) is 9.78 Å². The van der Waals surface area contributed by atoms with E-state index in [9.17, 15) is 19.8 Å². The van der Waals surface area contributed by atoms with Gasteiger partial charge in [0.1, 0.15) is 16.6 Å². The number of aliphatic hydroxyl groups excluding tert-OH is 1. The molecule has 0 radical (unpaired) electrons. The molecule has 0 aliphatic carbocycles. The van der Waals surface area contributed by atoms with Crippen molar-refractivity contribution in [3.8, 4) is 0 Å². The van der Waals surface area contributed by atoms with E-state index in [0.29, 0.717) is 10.5 Å². The number of fused-ring (bicyclic) bond motifs is 1. The molecule has 0 bridgehead atoms. The number of carbonyl (C=O) groups excluding carboxylic acids is 1. The van der Waals surface area contributed by atoms with Crippen LogP contribution in [0.5, 0.6) is 0 Å². The zero-order chi connectivity index (χ0) is 19.3. The number of hydrogen-bond donors (Lipinski definition) is 4. The first-order valence-electron chi connectivity index (χ1n) is 7.67. The van der Waals surface area contributed by atoms with Crippen LogP contribution in [-0.4, -0.2) is 39.0 Å². The number of benzene rings is 1. The van der Waals surface area contributed by atoms with Crippen LogP contribution in [0.1, 0.15) is 15.6 Å². The Hall–Kier alpha value is -3.66. The van der Waals surface area contributed by atoms with Crippen molar-refractivity contribution in [3.63, 3.8) is 0 Å². The number of nitrogens with two attached hydrogens (primary N) is 1. The molecule has 2 aromatic heterocycles. The monoisotopic (exact) mass is 384 g/mol. The Labute approximate surface area is 155 Å². The molecule has 0 fully saturated rings. The average molecular weight is 384 g/mol. The number of carboxylic acids is 1. The summed E-state index contributed by atoms with van der Waals surface area (Å²) in [6.07, 6.45) is 1.12. The minimum Gasteiger partial charge on any atom is -0.509 e. The number of anilines is 1. The molecule has 136 valence electrons. The van der Waals surface area contributed by atoms with E-state index in [2.05, 4.69) is 4.98 Å². The van der Waals surface area contributed by atoms with Gasteiger partial charge in [-0.1, -0.05) is 12.1 Å². The maximum absolute atomic E-state index is 12.0.